The second-order valence-corrected chi connectivity index (χ2v) is 6.32. The lowest BCUT2D eigenvalue weighted by molar-refractivity contribution is 0.808. The molecule has 3 aliphatic rings. The summed E-state index contributed by atoms with van der Waals surface area (Å²) in [5, 5.41) is 0. The molecule has 0 saturated carbocycles. The van der Waals surface area contributed by atoms with E-state index in [4.69, 9.17) is 15.0 Å². The molecule has 0 unspecified atom stereocenters. The van der Waals surface area contributed by atoms with Crippen LogP contribution >= 0.6 is 0 Å². The van der Waals surface area contributed by atoms with Gasteiger partial charge in [-0.3, -0.25) is 0 Å². The molecule has 0 N–H and O–H groups in total. The molecule has 0 aromatic carbocycles. The average Bonchev–Trinajstić information content (AvgIpc) is 3.29. The third-order valence-corrected chi connectivity index (χ3v) is 4.77. The molecule has 0 atom stereocenters. The summed E-state index contributed by atoms with van der Waals surface area (Å²) in [5.74, 6) is 2.68. The van der Waals surface area contributed by atoms with Crippen LogP contribution in [0.25, 0.3) is 0 Å². The highest BCUT2D eigenvalue weighted by molar-refractivity contribution is 5.47. The summed E-state index contributed by atoms with van der Waals surface area (Å²) in [6.45, 7) is 6.52. The van der Waals surface area contributed by atoms with E-state index in [-0.39, 0.29) is 0 Å². The Bertz CT molecular complexity index is 403. The number of anilines is 3. The molecule has 0 spiro atoms. The van der Waals surface area contributed by atoms with Crippen LogP contribution in [0.5, 0.6) is 0 Å². The Hall–Kier alpha value is -1.59. The maximum absolute atomic E-state index is 4.77. The van der Waals surface area contributed by atoms with Crippen LogP contribution in [0.15, 0.2) is 0 Å². The molecule has 3 saturated heterocycles. The fraction of sp³-hybridized carbons (Fsp3) is 0.800. The van der Waals surface area contributed by atoms with Crippen LogP contribution in [0, 0.1) is 0 Å². The highest BCUT2D eigenvalue weighted by atomic mass is 15.4. The highest BCUT2D eigenvalue weighted by Crippen LogP contribution is 2.25. The van der Waals surface area contributed by atoms with Gasteiger partial charge in [0, 0.05) is 39.3 Å². The molecule has 6 heteroatoms. The van der Waals surface area contributed by atoms with Gasteiger partial charge >= 0.3 is 0 Å². The Morgan fingerprint density at radius 1 is 0.429 bits per heavy atom. The third kappa shape index (κ3) is 2.63. The molecule has 0 amide bonds. The number of rotatable bonds is 3. The first kappa shape index (κ1) is 13.1. The quantitative estimate of drug-likeness (QED) is 0.843. The minimum absolute atomic E-state index is 0.895. The molecule has 114 valence electrons. The van der Waals surface area contributed by atoms with Gasteiger partial charge in [0.2, 0.25) is 17.8 Å². The van der Waals surface area contributed by atoms with E-state index in [1.54, 1.807) is 0 Å². The van der Waals surface area contributed by atoms with Crippen molar-refractivity contribution in [3.05, 3.63) is 0 Å². The van der Waals surface area contributed by atoms with Gasteiger partial charge in [0.15, 0.2) is 0 Å². The fourth-order valence-corrected chi connectivity index (χ4v) is 3.52. The van der Waals surface area contributed by atoms with Crippen LogP contribution in [0.1, 0.15) is 38.5 Å². The van der Waals surface area contributed by atoms with Crippen molar-refractivity contribution in [2.45, 2.75) is 38.5 Å². The van der Waals surface area contributed by atoms with Crippen LogP contribution in [0.2, 0.25) is 0 Å². The summed E-state index contributed by atoms with van der Waals surface area (Å²) < 4.78 is 0. The molecular formula is C15H24N6. The molecular weight excluding hydrogens is 264 g/mol. The molecule has 3 aliphatic heterocycles. The second-order valence-electron chi connectivity index (χ2n) is 6.32. The topological polar surface area (TPSA) is 48.4 Å². The van der Waals surface area contributed by atoms with Crippen molar-refractivity contribution in [1.82, 2.24) is 15.0 Å². The van der Waals surface area contributed by atoms with E-state index in [1.165, 1.54) is 38.5 Å². The molecule has 4 rings (SSSR count). The summed E-state index contributed by atoms with van der Waals surface area (Å²) in [4.78, 5) is 21.3. The third-order valence-electron chi connectivity index (χ3n) is 4.77. The summed E-state index contributed by atoms with van der Waals surface area (Å²) in [6.07, 6.45) is 7.52. The SMILES string of the molecule is C1CCN(c2nc(N3CCCC3)nc(N3CCCC3)n2)C1. The van der Waals surface area contributed by atoms with E-state index >= 15 is 0 Å². The molecule has 4 heterocycles. The first-order valence-corrected chi connectivity index (χ1v) is 8.41. The molecule has 6 nitrogen and oxygen atoms in total. The van der Waals surface area contributed by atoms with Crippen molar-refractivity contribution in [1.29, 1.82) is 0 Å². The van der Waals surface area contributed by atoms with E-state index in [0.717, 1.165) is 57.1 Å². The van der Waals surface area contributed by atoms with Crippen LogP contribution < -0.4 is 14.7 Å². The molecule has 21 heavy (non-hydrogen) atoms. The highest BCUT2D eigenvalue weighted by Gasteiger charge is 2.24. The standard InChI is InChI=1S/C15H24N6/c1-2-8-19(7-1)13-16-14(20-9-3-4-10-20)18-15(17-13)21-11-5-6-12-21/h1-12H2. The van der Waals surface area contributed by atoms with Gasteiger partial charge in [-0.05, 0) is 38.5 Å². The number of hydrogen-bond donors (Lipinski definition) is 0. The second kappa shape index (κ2) is 5.66. The molecule has 1 aromatic heterocycles. The summed E-state index contributed by atoms with van der Waals surface area (Å²) >= 11 is 0. The van der Waals surface area contributed by atoms with E-state index in [9.17, 15) is 0 Å². The van der Waals surface area contributed by atoms with Gasteiger partial charge in [0.1, 0.15) is 0 Å². The van der Waals surface area contributed by atoms with Crippen molar-refractivity contribution in [2.75, 3.05) is 54.0 Å². The van der Waals surface area contributed by atoms with Crippen LogP contribution in [0.3, 0.4) is 0 Å². The Balaban J connectivity index is 1.67. The number of hydrogen-bond acceptors (Lipinski definition) is 6. The average molecular weight is 288 g/mol. The maximum Gasteiger partial charge on any atom is 0.231 e. The zero-order valence-corrected chi connectivity index (χ0v) is 12.7. The Morgan fingerprint density at radius 3 is 0.905 bits per heavy atom. The lowest BCUT2D eigenvalue weighted by Crippen LogP contribution is -2.28. The predicted octanol–water partition coefficient (Wildman–Crippen LogP) is 1.67. The van der Waals surface area contributed by atoms with E-state index < -0.39 is 0 Å². The monoisotopic (exact) mass is 288 g/mol. The normalized spacial score (nSPS) is 22.6. The zero-order chi connectivity index (χ0) is 14.1. The van der Waals surface area contributed by atoms with Crippen molar-refractivity contribution in [3.8, 4) is 0 Å². The van der Waals surface area contributed by atoms with Gasteiger partial charge in [-0.1, -0.05) is 0 Å². The van der Waals surface area contributed by atoms with Crippen LogP contribution in [-0.4, -0.2) is 54.2 Å². The smallest absolute Gasteiger partial charge is 0.231 e. The van der Waals surface area contributed by atoms with Crippen LogP contribution in [-0.2, 0) is 0 Å². The number of aromatic nitrogens is 3. The van der Waals surface area contributed by atoms with Crippen LogP contribution in [0.4, 0.5) is 17.8 Å². The Morgan fingerprint density at radius 2 is 0.667 bits per heavy atom. The maximum atomic E-state index is 4.77. The molecule has 0 radical (unpaired) electrons. The first-order valence-electron chi connectivity index (χ1n) is 8.41. The molecule has 0 aliphatic carbocycles. The largest absolute Gasteiger partial charge is 0.341 e. The van der Waals surface area contributed by atoms with Gasteiger partial charge in [-0.25, -0.2) is 0 Å². The minimum atomic E-state index is 0.895. The minimum Gasteiger partial charge on any atom is -0.341 e. The van der Waals surface area contributed by atoms with Gasteiger partial charge in [0.25, 0.3) is 0 Å². The van der Waals surface area contributed by atoms with E-state index in [0.29, 0.717) is 0 Å². The Labute approximate surface area is 126 Å². The summed E-state index contributed by atoms with van der Waals surface area (Å²) in [7, 11) is 0. The lowest BCUT2D eigenvalue weighted by atomic mass is 10.4. The van der Waals surface area contributed by atoms with Gasteiger partial charge in [0.05, 0.1) is 0 Å². The lowest BCUT2D eigenvalue weighted by Gasteiger charge is -2.23. The first-order chi connectivity index (χ1) is 10.4. The Kier molecular flexibility index (Phi) is 3.53. The number of nitrogens with zero attached hydrogens (tertiary/aromatic N) is 6. The fourth-order valence-electron chi connectivity index (χ4n) is 3.52. The van der Waals surface area contributed by atoms with E-state index in [1.807, 2.05) is 0 Å². The predicted molar refractivity (Wildman–Crippen MR) is 84.2 cm³/mol. The van der Waals surface area contributed by atoms with Gasteiger partial charge in [-0.2, -0.15) is 15.0 Å². The van der Waals surface area contributed by atoms with Gasteiger partial charge in [-0.15, -0.1) is 0 Å². The molecule has 0 bridgehead atoms. The van der Waals surface area contributed by atoms with Crippen molar-refractivity contribution >= 4 is 17.8 Å². The van der Waals surface area contributed by atoms with E-state index in [2.05, 4.69) is 14.7 Å². The zero-order valence-electron chi connectivity index (χ0n) is 12.7. The van der Waals surface area contributed by atoms with Gasteiger partial charge < -0.3 is 14.7 Å². The van der Waals surface area contributed by atoms with Crippen molar-refractivity contribution in [2.24, 2.45) is 0 Å². The molecule has 1 aromatic rings. The van der Waals surface area contributed by atoms with Crippen molar-refractivity contribution < 1.29 is 0 Å². The summed E-state index contributed by atoms with van der Waals surface area (Å²) in [6, 6.07) is 0. The molecule has 3 fully saturated rings. The summed E-state index contributed by atoms with van der Waals surface area (Å²) in [5.41, 5.74) is 0. The van der Waals surface area contributed by atoms with Crippen molar-refractivity contribution in [3.63, 3.8) is 0 Å².